The summed E-state index contributed by atoms with van der Waals surface area (Å²) in [6.45, 7) is 7.27. The molecule has 1 N–H and O–H groups in total. The van der Waals surface area contributed by atoms with Crippen LogP contribution < -0.4 is 4.74 Å². The van der Waals surface area contributed by atoms with Crippen molar-refractivity contribution >= 4 is 0 Å². The van der Waals surface area contributed by atoms with Crippen molar-refractivity contribution in [1.82, 2.24) is 4.90 Å². The van der Waals surface area contributed by atoms with E-state index >= 15 is 0 Å². The summed E-state index contributed by atoms with van der Waals surface area (Å²) >= 11 is 0. The van der Waals surface area contributed by atoms with Crippen molar-refractivity contribution in [2.75, 3.05) is 20.7 Å². The van der Waals surface area contributed by atoms with Gasteiger partial charge in [0.1, 0.15) is 5.75 Å². The van der Waals surface area contributed by atoms with Crippen LogP contribution in [0.3, 0.4) is 0 Å². The lowest BCUT2D eigenvalue weighted by atomic mass is 9.64. The first kappa shape index (κ1) is 15.3. The van der Waals surface area contributed by atoms with Gasteiger partial charge in [0.2, 0.25) is 0 Å². The van der Waals surface area contributed by atoms with Crippen molar-refractivity contribution in [2.24, 2.45) is 5.41 Å². The van der Waals surface area contributed by atoms with Crippen LogP contribution in [0.5, 0.6) is 5.75 Å². The number of likely N-dealkylation sites (N-methyl/N-ethyl adjacent to an activating group) is 1. The van der Waals surface area contributed by atoms with E-state index < -0.39 is 5.60 Å². The molecule has 112 valence electrons. The Morgan fingerprint density at radius 2 is 1.85 bits per heavy atom. The second-order valence-corrected chi connectivity index (χ2v) is 6.79. The molecule has 1 aliphatic rings. The van der Waals surface area contributed by atoms with Crippen molar-refractivity contribution in [3.8, 4) is 5.75 Å². The molecule has 0 radical (unpaired) electrons. The number of hydrogen-bond acceptors (Lipinski definition) is 3. The predicted molar refractivity (Wildman–Crippen MR) is 82.1 cm³/mol. The van der Waals surface area contributed by atoms with E-state index in [1.807, 2.05) is 19.1 Å². The zero-order valence-corrected chi connectivity index (χ0v) is 13.3. The van der Waals surface area contributed by atoms with E-state index in [9.17, 15) is 5.11 Å². The Labute approximate surface area is 122 Å². The molecule has 2 rings (SSSR count). The standard InChI is InChI=1S/C17H27NO2/c1-16(2)15(18(4)11-10-17(16,3)19)12-13-6-8-14(20-5)9-7-13/h6-9,15,19H,10-12H2,1-5H3. The van der Waals surface area contributed by atoms with Crippen LogP contribution >= 0.6 is 0 Å². The summed E-state index contributed by atoms with van der Waals surface area (Å²) in [4.78, 5) is 2.38. The zero-order valence-electron chi connectivity index (χ0n) is 13.3. The molecule has 1 aliphatic heterocycles. The molecule has 0 aromatic heterocycles. The van der Waals surface area contributed by atoms with Crippen molar-refractivity contribution in [3.63, 3.8) is 0 Å². The lowest BCUT2D eigenvalue weighted by Crippen LogP contribution is -2.61. The molecule has 2 unspecified atom stereocenters. The molecule has 1 aromatic carbocycles. The van der Waals surface area contributed by atoms with Gasteiger partial charge in [0.05, 0.1) is 12.7 Å². The molecular weight excluding hydrogens is 250 g/mol. The molecule has 1 heterocycles. The third-order valence-electron chi connectivity index (χ3n) is 5.29. The van der Waals surface area contributed by atoms with E-state index in [4.69, 9.17) is 4.74 Å². The third kappa shape index (κ3) is 2.70. The number of benzene rings is 1. The van der Waals surface area contributed by atoms with E-state index in [2.05, 4.69) is 37.9 Å². The van der Waals surface area contributed by atoms with E-state index in [1.54, 1.807) is 7.11 Å². The summed E-state index contributed by atoms with van der Waals surface area (Å²) in [5.74, 6) is 0.886. The van der Waals surface area contributed by atoms with Crippen molar-refractivity contribution < 1.29 is 9.84 Å². The zero-order chi connectivity index (χ0) is 15.0. The number of ether oxygens (including phenoxy) is 1. The second kappa shape index (κ2) is 5.38. The molecule has 0 saturated carbocycles. The molecule has 1 fully saturated rings. The fraction of sp³-hybridized carbons (Fsp3) is 0.647. The number of nitrogens with zero attached hydrogens (tertiary/aromatic N) is 1. The van der Waals surface area contributed by atoms with Crippen molar-refractivity contribution in [2.45, 2.75) is 45.3 Å². The first-order valence-corrected chi connectivity index (χ1v) is 7.33. The number of likely N-dealkylation sites (tertiary alicyclic amines) is 1. The first-order valence-electron chi connectivity index (χ1n) is 7.33. The van der Waals surface area contributed by atoms with Crippen LogP contribution in [0, 0.1) is 5.41 Å². The number of rotatable bonds is 3. The smallest absolute Gasteiger partial charge is 0.118 e. The summed E-state index contributed by atoms with van der Waals surface area (Å²) in [6, 6.07) is 8.57. The van der Waals surface area contributed by atoms with E-state index in [-0.39, 0.29) is 5.41 Å². The van der Waals surface area contributed by atoms with E-state index in [0.717, 1.165) is 25.1 Å². The molecular formula is C17H27NO2. The van der Waals surface area contributed by atoms with E-state index in [0.29, 0.717) is 6.04 Å². The van der Waals surface area contributed by atoms with Crippen LogP contribution in [0.1, 0.15) is 32.8 Å². The maximum absolute atomic E-state index is 10.7. The van der Waals surface area contributed by atoms with Gasteiger partial charge in [0, 0.05) is 18.0 Å². The Hall–Kier alpha value is -1.06. The molecule has 1 saturated heterocycles. The van der Waals surface area contributed by atoms with Crippen LogP contribution in [0.25, 0.3) is 0 Å². The summed E-state index contributed by atoms with van der Waals surface area (Å²) < 4.78 is 5.20. The molecule has 3 heteroatoms. The van der Waals surface area contributed by atoms with Gasteiger partial charge in [-0.3, -0.25) is 0 Å². The van der Waals surface area contributed by atoms with Gasteiger partial charge in [-0.2, -0.15) is 0 Å². The van der Waals surface area contributed by atoms with Crippen molar-refractivity contribution in [3.05, 3.63) is 29.8 Å². The number of hydrogen-bond donors (Lipinski definition) is 1. The Bertz CT molecular complexity index is 451. The Morgan fingerprint density at radius 3 is 2.40 bits per heavy atom. The number of methoxy groups -OCH3 is 1. The minimum Gasteiger partial charge on any atom is -0.497 e. The van der Waals surface area contributed by atoms with Gasteiger partial charge in [-0.15, -0.1) is 0 Å². The molecule has 0 aliphatic carbocycles. The summed E-state index contributed by atoms with van der Waals surface area (Å²) in [6.07, 6.45) is 1.78. The number of piperidine rings is 1. The van der Waals surface area contributed by atoms with Gasteiger partial charge in [-0.05, 0) is 44.5 Å². The summed E-state index contributed by atoms with van der Waals surface area (Å²) in [5.41, 5.74) is 0.532. The SMILES string of the molecule is COc1ccc(CC2N(C)CCC(C)(O)C2(C)C)cc1. The van der Waals surface area contributed by atoms with Crippen LogP contribution in [-0.2, 0) is 6.42 Å². The van der Waals surface area contributed by atoms with Gasteiger partial charge in [-0.1, -0.05) is 26.0 Å². The predicted octanol–water partition coefficient (Wildman–Crippen LogP) is 2.72. The minimum atomic E-state index is -0.614. The molecule has 3 nitrogen and oxygen atoms in total. The minimum absolute atomic E-state index is 0.139. The van der Waals surface area contributed by atoms with Crippen LogP contribution in [0.2, 0.25) is 0 Å². The Morgan fingerprint density at radius 1 is 1.25 bits per heavy atom. The van der Waals surface area contributed by atoms with Gasteiger partial charge < -0.3 is 14.7 Å². The Balaban J connectivity index is 2.20. The molecule has 0 amide bonds. The maximum Gasteiger partial charge on any atom is 0.118 e. The fourth-order valence-corrected chi connectivity index (χ4v) is 3.18. The highest BCUT2D eigenvalue weighted by molar-refractivity contribution is 5.28. The van der Waals surface area contributed by atoms with Gasteiger partial charge in [0.15, 0.2) is 0 Å². The average molecular weight is 277 g/mol. The van der Waals surface area contributed by atoms with Crippen LogP contribution in [-0.4, -0.2) is 42.4 Å². The highest BCUT2D eigenvalue weighted by Crippen LogP contribution is 2.43. The van der Waals surface area contributed by atoms with E-state index in [1.165, 1.54) is 5.56 Å². The molecule has 20 heavy (non-hydrogen) atoms. The molecule has 1 aromatic rings. The van der Waals surface area contributed by atoms with Gasteiger partial charge in [0.25, 0.3) is 0 Å². The lowest BCUT2D eigenvalue weighted by Gasteiger charge is -2.53. The van der Waals surface area contributed by atoms with Crippen LogP contribution in [0.4, 0.5) is 0 Å². The van der Waals surface area contributed by atoms with Gasteiger partial charge in [-0.25, -0.2) is 0 Å². The normalized spacial score (nSPS) is 30.2. The largest absolute Gasteiger partial charge is 0.497 e. The second-order valence-electron chi connectivity index (χ2n) is 6.79. The topological polar surface area (TPSA) is 32.7 Å². The summed E-state index contributed by atoms with van der Waals surface area (Å²) in [7, 11) is 3.84. The van der Waals surface area contributed by atoms with Crippen LogP contribution in [0.15, 0.2) is 24.3 Å². The highest BCUT2D eigenvalue weighted by Gasteiger charge is 2.49. The van der Waals surface area contributed by atoms with Gasteiger partial charge >= 0.3 is 0 Å². The quantitative estimate of drug-likeness (QED) is 0.922. The Kier molecular flexibility index (Phi) is 4.12. The maximum atomic E-state index is 10.7. The summed E-state index contributed by atoms with van der Waals surface area (Å²) in [5, 5.41) is 10.7. The highest BCUT2D eigenvalue weighted by atomic mass is 16.5. The third-order valence-corrected chi connectivity index (χ3v) is 5.29. The van der Waals surface area contributed by atoms with Crippen molar-refractivity contribution in [1.29, 1.82) is 0 Å². The molecule has 2 atom stereocenters. The molecule has 0 bridgehead atoms. The first-order chi connectivity index (χ1) is 9.28. The monoisotopic (exact) mass is 277 g/mol. The fourth-order valence-electron chi connectivity index (χ4n) is 3.18. The number of aliphatic hydroxyl groups is 1. The molecule has 0 spiro atoms. The average Bonchev–Trinajstić information content (AvgIpc) is 2.41. The lowest BCUT2D eigenvalue weighted by molar-refractivity contribution is -0.132.